The van der Waals surface area contributed by atoms with Crippen LogP contribution in [0.3, 0.4) is 0 Å². The fraction of sp³-hybridized carbons (Fsp3) is 0.304. The lowest BCUT2D eigenvalue weighted by Crippen LogP contribution is -2.44. The Hall–Kier alpha value is -3.02. The highest BCUT2D eigenvalue weighted by molar-refractivity contribution is 7.90. The highest BCUT2D eigenvalue weighted by Crippen LogP contribution is 2.32. The molecule has 35 heavy (non-hydrogen) atoms. The van der Waals surface area contributed by atoms with Crippen molar-refractivity contribution < 1.29 is 17.2 Å². The Balaban J connectivity index is 1.65. The summed E-state index contributed by atoms with van der Waals surface area (Å²) < 4.78 is 52.8. The van der Waals surface area contributed by atoms with Gasteiger partial charge in [-0.3, -0.25) is 0 Å². The third-order valence-electron chi connectivity index (χ3n) is 5.80. The average Bonchev–Trinajstić information content (AvgIpc) is 2.82. The van der Waals surface area contributed by atoms with E-state index in [1.54, 1.807) is 19.2 Å². The topological polar surface area (TPSA) is 81.7 Å². The van der Waals surface area contributed by atoms with E-state index in [1.165, 1.54) is 23.2 Å². The quantitative estimate of drug-likeness (QED) is 0.485. The lowest BCUT2D eigenvalue weighted by Gasteiger charge is -2.34. The molecule has 0 unspecified atom stereocenters. The van der Waals surface area contributed by atoms with E-state index in [0.717, 1.165) is 44.2 Å². The van der Waals surface area contributed by atoms with Crippen LogP contribution in [0.2, 0.25) is 5.02 Å². The van der Waals surface area contributed by atoms with Crippen LogP contribution in [0, 0.1) is 11.6 Å². The van der Waals surface area contributed by atoms with Gasteiger partial charge in [0.1, 0.15) is 16.7 Å². The van der Waals surface area contributed by atoms with E-state index in [0.29, 0.717) is 11.5 Å². The van der Waals surface area contributed by atoms with Crippen LogP contribution < -0.4 is 15.1 Å². The van der Waals surface area contributed by atoms with Crippen molar-refractivity contribution in [1.82, 2.24) is 14.9 Å². The molecule has 0 amide bonds. The molecule has 3 aromatic rings. The number of aromatic nitrogens is 2. The molecular formula is C23H25ClF2N6O2S. The Morgan fingerprint density at radius 2 is 1.80 bits per heavy atom. The lowest BCUT2D eigenvalue weighted by atomic mass is 10.2. The van der Waals surface area contributed by atoms with Gasteiger partial charge in [0.2, 0.25) is 5.95 Å². The molecule has 1 aliphatic rings. The summed E-state index contributed by atoms with van der Waals surface area (Å²) in [4.78, 5) is 14.6. The molecule has 1 aliphatic heterocycles. The maximum Gasteiger partial charge on any atom is 0.229 e. The molecule has 0 bridgehead atoms. The molecule has 8 nitrogen and oxygen atoms in total. The zero-order valence-electron chi connectivity index (χ0n) is 19.5. The molecule has 186 valence electrons. The number of piperazine rings is 1. The maximum absolute atomic E-state index is 14.5. The second kappa shape index (κ2) is 9.92. The fourth-order valence-corrected chi connectivity index (χ4v) is 4.58. The van der Waals surface area contributed by atoms with E-state index in [1.807, 2.05) is 13.1 Å². The number of likely N-dealkylation sites (N-methyl/N-ethyl adjacent to an activating group) is 1. The predicted molar refractivity (Wildman–Crippen MR) is 134 cm³/mol. The molecule has 0 spiro atoms. The van der Waals surface area contributed by atoms with Crippen LogP contribution in [0.4, 0.5) is 37.6 Å². The van der Waals surface area contributed by atoms with E-state index < -0.39 is 26.5 Å². The molecule has 12 heteroatoms. The van der Waals surface area contributed by atoms with Crippen LogP contribution in [-0.2, 0) is 9.84 Å². The lowest BCUT2D eigenvalue weighted by molar-refractivity contribution is 0.313. The zero-order valence-corrected chi connectivity index (χ0v) is 21.0. The molecule has 1 N–H and O–H groups in total. The first kappa shape index (κ1) is 25.1. The summed E-state index contributed by atoms with van der Waals surface area (Å²) in [6, 6.07) is 8.94. The highest BCUT2D eigenvalue weighted by Gasteiger charge is 2.19. The summed E-state index contributed by atoms with van der Waals surface area (Å²) in [6.07, 6.45) is 2.64. The molecule has 1 saturated heterocycles. The molecule has 0 radical (unpaired) electrons. The molecule has 1 fully saturated rings. The van der Waals surface area contributed by atoms with Crippen molar-refractivity contribution in [1.29, 1.82) is 0 Å². The predicted octanol–water partition coefficient (Wildman–Crippen LogP) is 4.08. The van der Waals surface area contributed by atoms with Crippen molar-refractivity contribution in [3.8, 4) is 0 Å². The molecule has 2 aromatic carbocycles. The minimum atomic E-state index is -3.47. The van der Waals surface area contributed by atoms with Gasteiger partial charge in [0.05, 0.1) is 10.6 Å². The number of nitrogens with one attached hydrogen (secondary N) is 1. The molecule has 1 aromatic heterocycles. The molecule has 0 aliphatic carbocycles. The minimum Gasteiger partial charge on any atom is -0.369 e. The van der Waals surface area contributed by atoms with E-state index in [-0.39, 0.29) is 16.5 Å². The van der Waals surface area contributed by atoms with Crippen LogP contribution in [0.15, 0.2) is 47.5 Å². The zero-order chi connectivity index (χ0) is 25.3. The monoisotopic (exact) mass is 522 g/mol. The highest BCUT2D eigenvalue weighted by atomic mass is 35.5. The van der Waals surface area contributed by atoms with Gasteiger partial charge >= 0.3 is 0 Å². The third kappa shape index (κ3) is 5.63. The second-order valence-electron chi connectivity index (χ2n) is 8.40. The van der Waals surface area contributed by atoms with Crippen LogP contribution in [0.1, 0.15) is 0 Å². The standard InChI is InChI=1S/C23H25ClF2N6O2S/c1-30-8-10-32(11-9-30)16-12-15(13-17(14-16)35(3,33)34)28-23-27-7-6-20(29-23)31(2)19-5-4-18(25)21(24)22(19)26/h4-7,12-14H,8-11H2,1-3H3,(H,27,28,29). The van der Waals surface area contributed by atoms with Gasteiger partial charge in [0.15, 0.2) is 15.7 Å². The van der Waals surface area contributed by atoms with E-state index in [4.69, 9.17) is 11.6 Å². The molecular weight excluding hydrogens is 498 g/mol. The van der Waals surface area contributed by atoms with Crippen molar-refractivity contribution in [3.05, 3.63) is 59.3 Å². The largest absolute Gasteiger partial charge is 0.369 e. The Bertz CT molecular complexity index is 1350. The van der Waals surface area contributed by atoms with Crippen molar-refractivity contribution in [2.75, 3.05) is 61.6 Å². The molecule has 2 heterocycles. The Morgan fingerprint density at radius 3 is 2.49 bits per heavy atom. The van der Waals surface area contributed by atoms with E-state index in [9.17, 15) is 17.2 Å². The smallest absolute Gasteiger partial charge is 0.229 e. The van der Waals surface area contributed by atoms with Crippen LogP contribution in [0.5, 0.6) is 0 Å². The van der Waals surface area contributed by atoms with Gasteiger partial charge in [-0.25, -0.2) is 22.2 Å². The first-order valence-electron chi connectivity index (χ1n) is 10.8. The third-order valence-corrected chi connectivity index (χ3v) is 7.24. The first-order chi connectivity index (χ1) is 16.5. The SMILES string of the molecule is CN1CCN(c2cc(Nc3nccc(N(C)c4ccc(F)c(Cl)c4F)n3)cc(S(C)(=O)=O)c2)CC1. The van der Waals surface area contributed by atoms with Gasteiger partial charge in [-0.1, -0.05) is 11.6 Å². The van der Waals surface area contributed by atoms with Gasteiger partial charge in [0.25, 0.3) is 0 Å². The number of nitrogens with zero attached hydrogens (tertiary/aromatic N) is 5. The first-order valence-corrected chi connectivity index (χ1v) is 13.1. The average molecular weight is 523 g/mol. The number of sulfone groups is 1. The van der Waals surface area contributed by atoms with Crippen molar-refractivity contribution in [3.63, 3.8) is 0 Å². The van der Waals surface area contributed by atoms with Crippen LogP contribution in [-0.4, -0.2) is 69.8 Å². The summed E-state index contributed by atoms with van der Waals surface area (Å²) in [6.45, 7) is 3.28. The summed E-state index contributed by atoms with van der Waals surface area (Å²) in [5.74, 6) is -1.26. The van der Waals surface area contributed by atoms with Gasteiger partial charge in [-0.15, -0.1) is 0 Å². The number of hydrogen-bond donors (Lipinski definition) is 1. The summed E-state index contributed by atoms with van der Waals surface area (Å²) in [7, 11) is 0.140. The summed E-state index contributed by atoms with van der Waals surface area (Å²) in [5, 5.41) is 2.46. The number of anilines is 5. The van der Waals surface area contributed by atoms with E-state index >= 15 is 0 Å². The maximum atomic E-state index is 14.5. The van der Waals surface area contributed by atoms with Gasteiger partial charge in [0, 0.05) is 57.1 Å². The molecule has 0 atom stereocenters. The van der Waals surface area contributed by atoms with Crippen molar-refractivity contribution in [2.45, 2.75) is 4.90 Å². The Kier molecular flexibility index (Phi) is 7.11. The van der Waals surface area contributed by atoms with Crippen LogP contribution >= 0.6 is 11.6 Å². The fourth-order valence-electron chi connectivity index (χ4n) is 3.74. The van der Waals surface area contributed by atoms with Crippen LogP contribution in [0.25, 0.3) is 0 Å². The molecule has 4 rings (SSSR count). The summed E-state index contributed by atoms with van der Waals surface area (Å²) >= 11 is 5.71. The van der Waals surface area contributed by atoms with E-state index in [2.05, 4.69) is 25.1 Å². The number of rotatable bonds is 6. The van der Waals surface area contributed by atoms with Crippen molar-refractivity contribution >= 4 is 50.3 Å². The van der Waals surface area contributed by atoms with Gasteiger partial charge < -0.3 is 20.0 Å². The van der Waals surface area contributed by atoms with Gasteiger partial charge in [-0.2, -0.15) is 4.98 Å². The molecule has 0 saturated carbocycles. The Morgan fingerprint density at radius 1 is 1.09 bits per heavy atom. The minimum absolute atomic E-state index is 0.0393. The van der Waals surface area contributed by atoms with Gasteiger partial charge in [-0.05, 0) is 43.4 Å². The second-order valence-corrected chi connectivity index (χ2v) is 10.8. The number of hydrogen-bond acceptors (Lipinski definition) is 8. The number of halogens is 3. The normalized spacial score (nSPS) is 14.7. The van der Waals surface area contributed by atoms with Crippen molar-refractivity contribution in [2.24, 2.45) is 0 Å². The Labute approximate surface area is 208 Å². The number of benzene rings is 2. The summed E-state index contributed by atoms with van der Waals surface area (Å²) in [5.41, 5.74) is 1.31.